The number of terminal acetylenes is 1. The van der Waals surface area contributed by atoms with Crippen LogP contribution in [0.4, 0.5) is 0 Å². The Balaban J connectivity index is 2.12. The van der Waals surface area contributed by atoms with Crippen molar-refractivity contribution < 1.29 is 4.74 Å². The topological polar surface area (TPSA) is 21.3 Å². The Hall–Kier alpha value is -0.520. The highest BCUT2D eigenvalue weighted by Crippen LogP contribution is 2.33. The van der Waals surface area contributed by atoms with Crippen LogP contribution in [-0.4, -0.2) is 25.3 Å². The lowest BCUT2D eigenvalue weighted by Crippen LogP contribution is -2.37. The van der Waals surface area contributed by atoms with Gasteiger partial charge in [-0.15, -0.1) is 6.42 Å². The molecule has 80 valence electrons. The molecule has 0 amide bonds. The largest absolute Gasteiger partial charge is 0.378 e. The summed E-state index contributed by atoms with van der Waals surface area (Å²) in [5, 5.41) is 3.30. The minimum Gasteiger partial charge on any atom is -0.378 e. The smallest absolute Gasteiger partial charge is 0.0689 e. The van der Waals surface area contributed by atoms with E-state index >= 15 is 0 Å². The number of nitrogens with one attached hydrogen (secondary N) is 1. The summed E-state index contributed by atoms with van der Waals surface area (Å²) in [4.78, 5) is 0. The lowest BCUT2D eigenvalue weighted by atomic mass is 9.78. The molecule has 1 fully saturated rings. The van der Waals surface area contributed by atoms with Gasteiger partial charge in [0, 0.05) is 6.61 Å². The Bertz CT molecular complexity index is 191. The molecule has 0 heterocycles. The van der Waals surface area contributed by atoms with E-state index < -0.39 is 0 Å². The van der Waals surface area contributed by atoms with Crippen LogP contribution in [0.5, 0.6) is 0 Å². The van der Waals surface area contributed by atoms with Crippen LogP contribution >= 0.6 is 0 Å². The lowest BCUT2D eigenvalue weighted by molar-refractivity contribution is -0.0276. The Morgan fingerprint density at radius 2 is 2.21 bits per heavy atom. The molecular formula is C12H21NO. The zero-order chi connectivity index (χ0) is 10.4. The van der Waals surface area contributed by atoms with Crippen LogP contribution in [0.3, 0.4) is 0 Å². The Morgan fingerprint density at radius 1 is 1.50 bits per heavy atom. The zero-order valence-electron chi connectivity index (χ0n) is 9.25. The quantitative estimate of drug-likeness (QED) is 0.653. The third-order valence-electron chi connectivity index (χ3n) is 2.82. The van der Waals surface area contributed by atoms with Crippen molar-refractivity contribution in [3.63, 3.8) is 0 Å². The van der Waals surface area contributed by atoms with Crippen LogP contribution in [0.2, 0.25) is 0 Å². The SMILES string of the molecule is C#CC(CC1CC(OCC)C1)NCC. The lowest BCUT2D eigenvalue weighted by Gasteiger charge is -2.36. The van der Waals surface area contributed by atoms with Crippen molar-refractivity contribution in [1.29, 1.82) is 0 Å². The highest BCUT2D eigenvalue weighted by molar-refractivity contribution is 5.00. The van der Waals surface area contributed by atoms with E-state index in [1.807, 2.05) is 0 Å². The average molecular weight is 195 g/mol. The molecule has 1 saturated carbocycles. The van der Waals surface area contributed by atoms with Gasteiger partial charge in [-0.05, 0) is 38.6 Å². The van der Waals surface area contributed by atoms with Crippen molar-refractivity contribution in [1.82, 2.24) is 5.32 Å². The van der Waals surface area contributed by atoms with Gasteiger partial charge in [-0.1, -0.05) is 12.8 Å². The Morgan fingerprint density at radius 3 is 2.71 bits per heavy atom. The highest BCUT2D eigenvalue weighted by Gasteiger charge is 2.30. The molecule has 1 N–H and O–H groups in total. The fourth-order valence-electron chi connectivity index (χ4n) is 2.03. The van der Waals surface area contributed by atoms with E-state index in [0.717, 1.165) is 25.5 Å². The van der Waals surface area contributed by atoms with Gasteiger partial charge in [-0.25, -0.2) is 0 Å². The van der Waals surface area contributed by atoms with Crippen LogP contribution in [0, 0.1) is 18.3 Å². The van der Waals surface area contributed by atoms with Crippen molar-refractivity contribution in [2.24, 2.45) is 5.92 Å². The minimum atomic E-state index is 0.257. The van der Waals surface area contributed by atoms with Gasteiger partial charge in [0.05, 0.1) is 12.1 Å². The van der Waals surface area contributed by atoms with E-state index in [1.54, 1.807) is 0 Å². The summed E-state index contributed by atoms with van der Waals surface area (Å²) in [5.41, 5.74) is 0. The van der Waals surface area contributed by atoms with Gasteiger partial charge < -0.3 is 10.1 Å². The second-order valence-electron chi connectivity index (χ2n) is 3.93. The van der Waals surface area contributed by atoms with E-state index in [0.29, 0.717) is 6.10 Å². The standard InChI is InChI=1S/C12H21NO/c1-4-11(13-5-2)7-10-8-12(9-10)14-6-3/h1,10-13H,5-9H2,2-3H3. The summed E-state index contributed by atoms with van der Waals surface area (Å²) in [6.45, 7) is 5.93. The third kappa shape index (κ3) is 3.32. The third-order valence-corrected chi connectivity index (χ3v) is 2.82. The fraction of sp³-hybridized carbons (Fsp3) is 0.833. The van der Waals surface area contributed by atoms with Crippen molar-refractivity contribution in [3.8, 4) is 12.3 Å². The summed E-state index contributed by atoms with van der Waals surface area (Å²) < 4.78 is 5.51. The number of rotatable bonds is 6. The Labute approximate surface area is 87.4 Å². The molecule has 14 heavy (non-hydrogen) atoms. The maximum absolute atomic E-state index is 5.51. The molecule has 2 nitrogen and oxygen atoms in total. The van der Waals surface area contributed by atoms with Crippen molar-refractivity contribution in [2.45, 2.75) is 45.3 Å². The van der Waals surface area contributed by atoms with Crippen molar-refractivity contribution >= 4 is 0 Å². The molecule has 0 saturated heterocycles. The molecule has 1 unspecified atom stereocenters. The molecule has 0 aromatic carbocycles. The maximum atomic E-state index is 5.51. The normalized spacial score (nSPS) is 27.8. The van der Waals surface area contributed by atoms with Gasteiger partial charge in [0.15, 0.2) is 0 Å². The molecule has 2 heteroatoms. The van der Waals surface area contributed by atoms with E-state index in [-0.39, 0.29) is 6.04 Å². The molecule has 1 atom stereocenters. The number of ether oxygens (including phenoxy) is 1. The van der Waals surface area contributed by atoms with Gasteiger partial charge in [-0.2, -0.15) is 0 Å². The van der Waals surface area contributed by atoms with Gasteiger partial charge in [0.25, 0.3) is 0 Å². The molecule has 0 radical (unpaired) electrons. The van der Waals surface area contributed by atoms with Gasteiger partial charge in [-0.3, -0.25) is 0 Å². The van der Waals surface area contributed by atoms with Crippen molar-refractivity contribution in [3.05, 3.63) is 0 Å². The molecule has 0 aromatic rings. The predicted octanol–water partition coefficient (Wildman–Crippen LogP) is 1.80. The second kappa shape index (κ2) is 6.06. The minimum absolute atomic E-state index is 0.257. The first-order chi connectivity index (χ1) is 6.80. The molecule has 0 aliphatic heterocycles. The summed E-state index contributed by atoms with van der Waals surface area (Å²) >= 11 is 0. The average Bonchev–Trinajstić information content (AvgIpc) is 2.13. The van der Waals surface area contributed by atoms with Crippen LogP contribution < -0.4 is 5.32 Å². The molecule has 1 aliphatic carbocycles. The van der Waals surface area contributed by atoms with E-state index in [4.69, 9.17) is 11.2 Å². The van der Waals surface area contributed by atoms with Gasteiger partial charge >= 0.3 is 0 Å². The molecule has 0 bridgehead atoms. The highest BCUT2D eigenvalue weighted by atomic mass is 16.5. The van der Waals surface area contributed by atoms with Gasteiger partial charge in [0.2, 0.25) is 0 Å². The summed E-state index contributed by atoms with van der Waals surface area (Å²) in [5.74, 6) is 3.57. The molecule has 1 rings (SSSR count). The van der Waals surface area contributed by atoms with E-state index in [2.05, 4.69) is 25.1 Å². The summed E-state index contributed by atoms with van der Waals surface area (Å²) in [6.07, 6.45) is 9.43. The second-order valence-corrected chi connectivity index (χ2v) is 3.93. The summed E-state index contributed by atoms with van der Waals surface area (Å²) in [7, 11) is 0. The van der Waals surface area contributed by atoms with Crippen molar-refractivity contribution in [2.75, 3.05) is 13.2 Å². The monoisotopic (exact) mass is 195 g/mol. The van der Waals surface area contributed by atoms with Crippen LogP contribution in [0.1, 0.15) is 33.1 Å². The van der Waals surface area contributed by atoms with E-state index in [1.165, 1.54) is 12.8 Å². The van der Waals surface area contributed by atoms with Crippen LogP contribution in [0.25, 0.3) is 0 Å². The maximum Gasteiger partial charge on any atom is 0.0689 e. The Kier molecular flexibility index (Phi) is 5.00. The molecule has 1 aliphatic rings. The first-order valence-electron chi connectivity index (χ1n) is 5.61. The number of hydrogen-bond donors (Lipinski definition) is 1. The number of hydrogen-bond acceptors (Lipinski definition) is 2. The fourth-order valence-corrected chi connectivity index (χ4v) is 2.03. The molecule has 0 aromatic heterocycles. The van der Waals surface area contributed by atoms with Crippen LogP contribution in [0.15, 0.2) is 0 Å². The summed E-state index contributed by atoms with van der Waals surface area (Å²) in [6, 6.07) is 0.257. The van der Waals surface area contributed by atoms with Crippen LogP contribution in [-0.2, 0) is 4.74 Å². The van der Waals surface area contributed by atoms with Gasteiger partial charge in [0.1, 0.15) is 0 Å². The first-order valence-corrected chi connectivity index (χ1v) is 5.61. The molecular weight excluding hydrogens is 174 g/mol. The molecule has 0 spiro atoms. The first kappa shape index (κ1) is 11.6. The zero-order valence-corrected chi connectivity index (χ0v) is 9.25. The van der Waals surface area contributed by atoms with E-state index in [9.17, 15) is 0 Å². The predicted molar refractivity (Wildman–Crippen MR) is 59.1 cm³/mol.